The van der Waals surface area contributed by atoms with E-state index in [0.29, 0.717) is 24.0 Å². The standard InChI is InChI=1S/C17H16Cl2N2O3S/c18-13-14(21-25-15(13)19)16(22)20-11-9-17(5-7-23-8-6-17)24-12-4-2-1-3-10(11)12/h1-4,11H,5-9H2,(H,20,22)/t11-/m1/s1. The number of nitrogens with one attached hydrogen (secondary N) is 1. The van der Waals surface area contributed by atoms with Crippen LogP contribution in [0.3, 0.4) is 0 Å². The van der Waals surface area contributed by atoms with Gasteiger partial charge in [0, 0.05) is 24.8 Å². The summed E-state index contributed by atoms with van der Waals surface area (Å²) in [6, 6.07) is 7.62. The Morgan fingerprint density at radius 3 is 2.76 bits per heavy atom. The normalized spacial score (nSPS) is 21.4. The average Bonchev–Trinajstić information content (AvgIpc) is 2.95. The highest BCUT2D eigenvalue weighted by molar-refractivity contribution is 7.11. The van der Waals surface area contributed by atoms with Gasteiger partial charge >= 0.3 is 0 Å². The minimum atomic E-state index is -0.322. The number of hydrogen-bond acceptors (Lipinski definition) is 5. The zero-order chi connectivity index (χ0) is 17.4. The molecular formula is C17H16Cl2N2O3S. The molecule has 1 N–H and O–H groups in total. The Balaban J connectivity index is 1.63. The lowest BCUT2D eigenvalue weighted by molar-refractivity contribution is -0.0639. The fourth-order valence-corrected chi connectivity index (χ4v) is 4.42. The van der Waals surface area contributed by atoms with Crippen LogP contribution in [0.15, 0.2) is 24.3 Å². The molecule has 0 bridgehead atoms. The second-order valence-corrected chi connectivity index (χ2v) is 8.04. The monoisotopic (exact) mass is 398 g/mol. The Hall–Kier alpha value is -1.34. The Kier molecular flexibility index (Phi) is 4.62. The zero-order valence-corrected chi connectivity index (χ0v) is 15.6. The molecule has 1 atom stereocenters. The Morgan fingerprint density at radius 1 is 1.28 bits per heavy atom. The van der Waals surface area contributed by atoms with Crippen LogP contribution < -0.4 is 10.1 Å². The second-order valence-electron chi connectivity index (χ2n) is 6.28. The Labute approximate surface area is 159 Å². The highest BCUT2D eigenvalue weighted by Crippen LogP contribution is 2.44. The third kappa shape index (κ3) is 3.24. The van der Waals surface area contributed by atoms with Crippen molar-refractivity contribution in [1.82, 2.24) is 9.69 Å². The van der Waals surface area contributed by atoms with Gasteiger partial charge in [0.2, 0.25) is 0 Å². The van der Waals surface area contributed by atoms with Crippen molar-refractivity contribution in [3.8, 4) is 5.75 Å². The molecule has 0 unspecified atom stereocenters. The highest BCUT2D eigenvalue weighted by Gasteiger charge is 2.42. The van der Waals surface area contributed by atoms with E-state index in [0.717, 1.165) is 35.7 Å². The van der Waals surface area contributed by atoms with Crippen LogP contribution >= 0.6 is 34.7 Å². The lowest BCUT2D eigenvalue weighted by Crippen LogP contribution is -2.48. The summed E-state index contributed by atoms with van der Waals surface area (Å²) < 4.78 is 16.2. The molecule has 3 heterocycles. The van der Waals surface area contributed by atoms with E-state index in [9.17, 15) is 4.79 Å². The number of aromatic nitrogens is 1. The number of halogens is 2. The number of rotatable bonds is 2. The first-order valence-corrected chi connectivity index (χ1v) is 9.58. The van der Waals surface area contributed by atoms with Gasteiger partial charge in [0.15, 0.2) is 5.69 Å². The summed E-state index contributed by atoms with van der Waals surface area (Å²) in [4.78, 5) is 12.7. The van der Waals surface area contributed by atoms with Gasteiger partial charge in [-0.15, -0.1) is 0 Å². The molecule has 1 amide bonds. The minimum Gasteiger partial charge on any atom is -0.487 e. The van der Waals surface area contributed by atoms with Crippen molar-refractivity contribution < 1.29 is 14.3 Å². The Morgan fingerprint density at radius 2 is 2.04 bits per heavy atom. The average molecular weight is 399 g/mol. The summed E-state index contributed by atoms with van der Waals surface area (Å²) in [5.74, 6) is 0.486. The van der Waals surface area contributed by atoms with Crippen LogP contribution in [0.2, 0.25) is 9.36 Å². The van der Waals surface area contributed by atoms with Crippen LogP contribution in [0.5, 0.6) is 5.75 Å². The van der Waals surface area contributed by atoms with Gasteiger partial charge in [-0.25, -0.2) is 0 Å². The first-order chi connectivity index (χ1) is 12.1. The third-order valence-corrected chi connectivity index (χ3v) is 6.33. The second kappa shape index (κ2) is 6.76. The van der Waals surface area contributed by atoms with Crippen molar-refractivity contribution in [1.29, 1.82) is 0 Å². The van der Waals surface area contributed by atoms with Crippen LogP contribution in [0, 0.1) is 0 Å². The molecule has 1 spiro atoms. The number of hydrogen-bond donors (Lipinski definition) is 1. The van der Waals surface area contributed by atoms with E-state index in [4.69, 9.17) is 32.7 Å². The fraction of sp³-hybridized carbons (Fsp3) is 0.412. The zero-order valence-electron chi connectivity index (χ0n) is 13.3. The van der Waals surface area contributed by atoms with Crippen molar-refractivity contribution in [2.24, 2.45) is 0 Å². The van der Waals surface area contributed by atoms with Gasteiger partial charge in [0.1, 0.15) is 20.7 Å². The maximum absolute atomic E-state index is 12.7. The third-order valence-electron chi connectivity index (χ3n) is 4.72. The van der Waals surface area contributed by atoms with Gasteiger partial charge in [0.25, 0.3) is 5.91 Å². The predicted molar refractivity (Wildman–Crippen MR) is 96.8 cm³/mol. The minimum absolute atomic E-state index is 0.168. The molecule has 1 aromatic heterocycles. The molecule has 1 aromatic carbocycles. The largest absolute Gasteiger partial charge is 0.487 e. The Bertz CT molecular complexity index is 805. The van der Waals surface area contributed by atoms with Crippen LogP contribution in [0.25, 0.3) is 0 Å². The summed E-state index contributed by atoms with van der Waals surface area (Å²) in [5.41, 5.74) is 0.820. The molecule has 1 fully saturated rings. The van der Waals surface area contributed by atoms with E-state index in [2.05, 4.69) is 9.69 Å². The maximum Gasteiger partial charge on any atom is 0.273 e. The van der Waals surface area contributed by atoms with Gasteiger partial charge in [-0.2, -0.15) is 4.37 Å². The van der Waals surface area contributed by atoms with Crippen molar-refractivity contribution >= 4 is 40.6 Å². The van der Waals surface area contributed by atoms with E-state index >= 15 is 0 Å². The van der Waals surface area contributed by atoms with E-state index in [1.54, 1.807) is 0 Å². The molecule has 4 rings (SSSR count). The molecule has 8 heteroatoms. The number of amides is 1. The smallest absolute Gasteiger partial charge is 0.273 e. The molecule has 25 heavy (non-hydrogen) atoms. The van der Waals surface area contributed by atoms with Crippen LogP contribution in [-0.2, 0) is 4.74 Å². The first-order valence-electron chi connectivity index (χ1n) is 8.05. The number of benzene rings is 1. The number of para-hydroxylation sites is 1. The first kappa shape index (κ1) is 17.1. The highest BCUT2D eigenvalue weighted by atomic mass is 35.5. The van der Waals surface area contributed by atoms with Gasteiger partial charge in [-0.1, -0.05) is 41.4 Å². The van der Waals surface area contributed by atoms with E-state index in [-0.39, 0.29) is 28.3 Å². The van der Waals surface area contributed by atoms with Crippen LogP contribution in [0.1, 0.15) is 41.4 Å². The molecular weight excluding hydrogens is 383 g/mol. The summed E-state index contributed by atoms with van der Waals surface area (Å²) >= 11 is 13.0. The lowest BCUT2D eigenvalue weighted by Gasteiger charge is -2.44. The van der Waals surface area contributed by atoms with Crippen molar-refractivity contribution in [3.63, 3.8) is 0 Å². The van der Waals surface area contributed by atoms with Gasteiger partial charge in [-0.05, 0) is 17.6 Å². The summed E-state index contributed by atoms with van der Waals surface area (Å²) in [6.07, 6.45) is 2.29. The van der Waals surface area contributed by atoms with Gasteiger partial charge in [-0.3, -0.25) is 4.79 Å². The van der Waals surface area contributed by atoms with Crippen molar-refractivity contribution in [3.05, 3.63) is 44.9 Å². The summed E-state index contributed by atoms with van der Waals surface area (Å²) in [7, 11) is 0. The molecule has 1 saturated heterocycles. The van der Waals surface area contributed by atoms with Gasteiger partial charge in [0.05, 0.1) is 19.3 Å². The SMILES string of the molecule is O=C(N[C@@H]1CC2(CCOCC2)Oc2ccccc21)c1nsc(Cl)c1Cl. The number of carbonyl (C=O) groups is 1. The molecule has 0 aliphatic carbocycles. The maximum atomic E-state index is 12.7. The van der Waals surface area contributed by atoms with Crippen molar-refractivity contribution in [2.45, 2.75) is 30.9 Å². The topological polar surface area (TPSA) is 60.5 Å². The molecule has 132 valence electrons. The van der Waals surface area contributed by atoms with E-state index < -0.39 is 0 Å². The number of carbonyl (C=O) groups excluding carboxylic acids is 1. The van der Waals surface area contributed by atoms with Gasteiger partial charge < -0.3 is 14.8 Å². The van der Waals surface area contributed by atoms with Crippen LogP contribution in [-0.4, -0.2) is 29.1 Å². The molecule has 2 aliphatic heterocycles. The molecule has 0 radical (unpaired) electrons. The van der Waals surface area contributed by atoms with E-state index in [1.165, 1.54) is 0 Å². The van der Waals surface area contributed by atoms with E-state index in [1.807, 2.05) is 24.3 Å². The van der Waals surface area contributed by atoms with Crippen molar-refractivity contribution in [2.75, 3.05) is 13.2 Å². The quantitative estimate of drug-likeness (QED) is 0.820. The summed E-state index contributed by atoms with van der Waals surface area (Å²) in [5, 5.41) is 3.26. The summed E-state index contributed by atoms with van der Waals surface area (Å²) in [6.45, 7) is 1.33. The molecule has 5 nitrogen and oxygen atoms in total. The molecule has 2 aromatic rings. The number of nitrogens with zero attached hydrogens (tertiary/aromatic N) is 1. The number of ether oxygens (including phenoxy) is 2. The number of fused-ring (bicyclic) bond motifs is 1. The van der Waals surface area contributed by atoms with Crippen LogP contribution in [0.4, 0.5) is 0 Å². The fourth-order valence-electron chi connectivity index (χ4n) is 3.42. The predicted octanol–water partition coefficient (Wildman–Crippen LogP) is 4.25. The lowest BCUT2D eigenvalue weighted by atomic mass is 9.82. The molecule has 0 saturated carbocycles. The molecule has 2 aliphatic rings.